The lowest BCUT2D eigenvalue weighted by Gasteiger charge is -2.16. The highest BCUT2D eigenvalue weighted by Crippen LogP contribution is 2.52. The summed E-state index contributed by atoms with van der Waals surface area (Å²) in [6.07, 6.45) is 3.96. The second kappa shape index (κ2) is 5.97. The minimum Gasteiger partial charge on any atom is -0.341 e. The number of rotatable bonds is 2. The van der Waals surface area contributed by atoms with Crippen LogP contribution in [0.3, 0.4) is 0 Å². The zero-order chi connectivity index (χ0) is 18.8. The standard InChI is InChI=1S/C21H18BrF2N3/c1-27-8-2-3-19(27)20-25-11-18(26-20)12-4-6-14-15-7-5-13(22)10-17(15)21(23,24)16(14)9-12/h4-7,9-11,19H,2-3,8H2,1H3,(H,25,26). The third kappa shape index (κ3) is 2.57. The van der Waals surface area contributed by atoms with Gasteiger partial charge >= 0.3 is 0 Å². The summed E-state index contributed by atoms with van der Waals surface area (Å²) < 4.78 is 30.8. The van der Waals surface area contributed by atoms with Crippen LogP contribution in [0.5, 0.6) is 0 Å². The Morgan fingerprint density at radius 3 is 2.63 bits per heavy atom. The van der Waals surface area contributed by atoms with Crippen molar-refractivity contribution in [2.24, 2.45) is 0 Å². The Kier molecular flexibility index (Phi) is 3.78. The summed E-state index contributed by atoms with van der Waals surface area (Å²) in [5, 5.41) is 0. The van der Waals surface area contributed by atoms with Crippen molar-refractivity contribution in [3.05, 3.63) is 64.0 Å². The first-order valence-electron chi connectivity index (χ1n) is 9.03. The molecule has 1 aromatic heterocycles. The molecule has 1 unspecified atom stereocenters. The van der Waals surface area contributed by atoms with Crippen LogP contribution in [0.15, 0.2) is 47.1 Å². The molecule has 0 saturated carbocycles. The van der Waals surface area contributed by atoms with Gasteiger partial charge < -0.3 is 4.98 Å². The highest BCUT2D eigenvalue weighted by atomic mass is 79.9. The lowest BCUT2D eigenvalue weighted by molar-refractivity contribution is 0.0480. The molecule has 1 saturated heterocycles. The van der Waals surface area contributed by atoms with Gasteiger partial charge in [0.15, 0.2) is 0 Å². The number of halogens is 3. The van der Waals surface area contributed by atoms with E-state index in [0.717, 1.165) is 36.5 Å². The molecule has 1 aliphatic carbocycles. The molecule has 27 heavy (non-hydrogen) atoms. The van der Waals surface area contributed by atoms with Crippen molar-refractivity contribution < 1.29 is 8.78 Å². The predicted octanol–water partition coefficient (Wildman–Crippen LogP) is 5.73. The average molecular weight is 430 g/mol. The zero-order valence-electron chi connectivity index (χ0n) is 14.8. The van der Waals surface area contributed by atoms with Gasteiger partial charge in [-0.05, 0) is 55.8 Å². The molecule has 2 heterocycles. The maximum Gasteiger partial charge on any atom is 0.299 e. The second-order valence-corrected chi connectivity index (χ2v) is 8.26. The first-order valence-corrected chi connectivity index (χ1v) is 9.83. The molecule has 1 N–H and O–H groups in total. The van der Waals surface area contributed by atoms with Crippen molar-refractivity contribution in [1.29, 1.82) is 0 Å². The van der Waals surface area contributed by atoms with Crippen molar-refractivity contribution in [2.75, 3.05) is 13.6 Å². The van der Waals surface area contributed by atoms with Crippen molar-refractivity contribution in [3.63, 3.8) is 0 Å². The van der Waals surface area contributed by atoms with Gasteiger partial charge in [0.25, 0.3) is 5.92 Å². The van der Waals surface area contributed by atoms with Gasteiger partial charge in [-0.3, -0.25) is 4.90 Å². The first kappa shape index (κ1) is 17.1. The quantitative estimate of drug-likeness (QED) is 0.564. The van der Waals surface area contributed by atoms with E-state index in [-0.39, 0.29) is 17.2 Å². The Hall–Kier alpha value is -2.05. The first-order chi connectivity index (χ1) is 12.9. The van der Waals surface area contributed by atoms with Crippen molar-refractivity contribution in [1.82, 2.24) is 14.9 Å². The van der Waals surface area contributed by atoms with E-state index in [4.69, 9.17) is 0 Å². The number of aromatic nitrogens is 2. The van der Waals surface area contributed by atoms with E-state index in [9.17, 15) is 0 Å². The highest BCUT2D eigenvalue weighted by Gasteiger charge is 2.44. The van der Waals surface area contributed by atoms with E-state index in [2.05, 4.69) is 37.8 Å². The normalized spacial score (nSPS) is 20.7. The van der Waals surface area contributed by atoms with Crippen molar-refractivity contribution >= 4 is 15.9 Å². The summed E-state index contributed by atoms with van der Waals surface area (Å²) in [6.45, 7) is 1.06. The smallest absolute Gasteiger partial charge is 0.299 e. The van der Waals surface area contributed by atoms with E-state index in [1.165, 1.54) is 6.07 Å². The van der Waals surface area contributed by atoms with E-state index >= 15 is 8.78 Å². The highest BCUT2D eigenvalue weighted by molar-refractivity contribution is 9.10. The molecule has 1 atom stereocenters. The number of H-pyrrole nitrogens is 1. The molecule has 5 rings (SSSR count). The van der Waals surface area contributed by atoms with Crippen LogP contribution in [-0.2, 0) is 5.92 Å². The van der Waals surface area contributed by atoms with Crippen LogP contribution in [0, 0.1) is 0 Å². The number of fused-ring (bicyclic) bond motifs is 3. The summed E-state index contributed by atoms with van der Waals surface area (Å²) in [5.41, 5.74) is 2.83. The van der Waals surface area contributed by atoms with Crippen LogP contribution in [0.25, 0.3) is 22.4 Å². The topological polar surface area (TPSA) is 31.9 Å². The summed E-state index contributed by atoms with van der Waals surface area (Å²) >= 11 is 3.30. The number of nitrogens with zero attached hydrogens (tertiary/aromatic N) is 2. The van der Waals surface area contributed by atoms with Crippen LogP contribution >= 0.6 is 15.9 Å². The van der Waals surface area contributed by atoms with Gasteiger partial charge in [0.05, 0.1) is 17.9 Å². The molecule has 6 heteroatoms. The summed E-state index contributed by atoms with van der Waals surface area (Å²) in [6, 6.07) is 10.6. The second-order valence-electron chi connectivity index (χ2n) is 7.35. The molecule has 1 fully saturated rings. The lowest BCUT2D eigenvalue weighted by Crippen LogP contribution is -2.18. The molecular formula is C21H18BrF2N3. The van der Waals surface area contributed by atoms with Crippen LogP contribution in [0.2, 0.25) is 0 Å². The van der Waals surface area contributed by atoms with E-state index in [0.29, 0.717) is 15.6 Å². The average Bonchev–Trinajstić information content (AvgIpc) is 3.34. The number of benzene rings is 2. The SMILES string of the molecule is CN1CCCC1c1ncc(-c2ccc3c(c2)C(F)(F)c2cc(Br)ccc2-3)[nH]1. The predicted molar refractivity (Wildman–Crippen MR) is 105 cm³/mol. The Labute approximate surface area is 164 Å². The molecule has 0 bridgehead atoms. The number of hydrogen-bond acceptors (Lipinski definition) is 2. The van der Waals surface area contributed by atoms with E-state index in [1.54, 1.807) is 30.5 Å². The Morgan fingerprint density at radius 2 is 1.89 bits per heavy atom. The largest absolute Gasteiger partial charge is 0.341 e. The van der Waals surface area contributed by atoms with Gasteiger partial charge in [-0.15, -0.1) is 0 Å². The van der Waals surface area contributed by atoms with Crippen molar-refractivity contribution in [2.45, 2.75) is 24.8 Å². The van der Waals surface area contributed by atoms with Gasteiger partial charge in [-0.2, -0.15) is 8.78 Å². The molecule has 2 aromatic carbocycles. The van der Waals surface area contributed by atoms with Crippen molar-refractivity contribution in [3.8, 4) is 22.4 Å². The molecule has 0 spiro atoms. The lowest BCUT2D eigenvalue weighted by atomic mass is 10.0. The fourth-order valence-corrected chi connectivity index (χ4v) is 4.63. The van der Waals surface area contributed by atoms with Crippen LogP contribution in [-0.4, -0.2) is 28.5 Å². The fourth-order valence-electron chi connectivity index (χ4n) is 4.27. The Bertz CT molecular complexity index is 1040. The Balaban J connectivity index is 1.56. The molecule has 2 aliphatic rings. The fraction of sp³-hybridized carbons (Fsp3) is 0.286. The van der Waals surface area contributed by atoms with Crippen LogP contribution < -0.4 is 0 Å². The van der Waals surface area contributed by atoms with E-state index < -0.39 is 5.92 Å². The van der Waals surface area contributed by atoms with E-state index in [1.807, 2.05) is 6.07 Å². The van der Waals surface area contributed by atoms with Gasteiger partial charge in [-0.1, -0.05) is 34.1 Å². The molecule has 138 valence electrons. The maximum absolute atomic E-state index is 15.1. The summed E-state index contributed by atoms with van der Waals surface area (Å²) in [5.74, 6) is -2.09. The number of hydrogen-bond donors (Lipinski definition) is 1. The number of alkyl halides is 2. The third-order valence-corrected chi connectivity index (χ3v) is 6.20. The minimum absolute atomic E-state index is 0.0573. The van der Waals surface area contributed by atoms with Gasteiger partial charge in [0, 0.05) is 21.2 Å². The molecule has 3 nitrogen and oxygen atoms in total. The molecule has 1 aliphatic heterocycles. The molecular weight excluding hydrogens is 412 g/mol. The minimum atomic E-state index is -3.00. The number of nitrogens with one attached hydrogen (secondary N) is 1. The monoisotopic (exact) mass is 429 g/mol. The van der Waals surface area contributed by atoms with Gasteiger partial charge in [0.1, 0.15) is 5.82 Å². The van der Waals surface area contributed by atoms with Gasteiger partial charge in [-0.25, -0.2) is 4.98 Å². The van der Waals surface area contributed by atoms with Crippen LogP contribution in [0.1, 0.15) is 35.8 Å². The molecule has 0 amide bonds. The van der Waals surface area contributed by atoms with Crippen LogP contribution in [0.4, 0.5) is 8.78 Å². The zero-order valence-corrected chi connectivity index (χ0v) is 16.4. The maximum atomic E-state index is 15.1. The number of likely N-dealkylation sites (tertiary alicyclic amines) is 1. The molecule has 3 aromatic rings. The third-order valence-electron chi connectivity index (χ3n) is 5.71. The Morgan fingerprint density at radius 1 is 1.15 bits per heavy atom. The molecule has 0 radical (unpaired) electrons. The summed E-state index contributed by atoms with van der Waals surface area (Å²) in [7, 11) is 2.09. The number of imidazole rings is 1. The number of aromatic amines is 1. The van der Waals surface area contributed by atoms with Gasteiger partial charge in [0.2, 0.25) is 0 Å². The summed E-state index contributed by atoms with van der Waals surface area (Å²) in [4.78, 5) is 10.1.